The van der Waals surface area contributed by atoms with Gasteiger partial charge in [0.05, 0.1) is 16.1 Å². The molecule has 0 unspecified atom stereocenters. The minimum Gasteiger partial charge on any atom is -0.343 e. The summed E-state index contributed by atoms with van der Waals surface area (Å²) in [7, 11) is 0. The highest BCUT2D eigenvalue weighted by atomic mass is 32.1. The van der Waals surface area contributed by atoms with E-state index in [0.717, 1.165) is 40.1 Å². The molecule has 0 N–H and O–H groups in total. The quantitative estimate of drug-likeness (QED) is 0.337. The molecule has 7 nitrogen and oxygen atoms in total. The Hall–Kier alpha value is -3.43. The zero-order valence-corrected chi connectivity index (χ0v) is 22.9. The Morgan fingerprint density at radius 2 is 1.71 bits per heavy atom. The second-order valence-electron chi connectivity index (χ2n) is 10.00. The Bertz CT molecular complexity index is 1450. The summed E-state index contributed by atoms with van der Waals surface area (Å²) in [5, 5.41) is 3.93. The molecule has 1 saturated heterocycles. The van der Waals surface area contributed by atoms with Crippen molar-refractivity contribution in [3.8, 4) is 11.3 Å². The summed E-state index contributed by atoms with van der Waals surface area (Å²) in [6, 6.07) is 18.1. The second kappa shape index (κ2) is 10.4. The van der Waals surface area contributed by atoms with Crippen LogP contribution in [0.15, 0.2) is 60.0 Å². The standard InChI is InChI=1S/C29H29N5O2S2/c1-20-30-25(19-37-20)21-6-5-7-22(18-21)26(36)33-14-16-34(17-15-33)28-31-27(32-38-28)29(12-10-24(35)11-13-29)23-8-3-2-4-9-23/h2-9,18-19H,10-17H2,1H3. The molecule has 1 aliphatic heterocycles. The van der Waals surface area contributed by atoms with Crippen LogP contribution in [0.25, 0.3) is 11.3 Å². The number of aryl methyl sites for hydroxylation is 1. The van der Waals surface area contributed by atoms with Crippen LogP contribution in [-0.2, 0) is 10.2 Å². The fraction of sp³-hybridized carbons (Fsp3) is 0.345. The highest BCUT2D eigenvalue weighted by Crippen LogP contribution is 2.43. The number of benzene rings is 2. The van der Waals surface area contributed by atoms with E-state index in [1.165, 1.54) is 17.1 Å². The third-order valence-electron chi connectivity index (χ3n) is 7.69. The first kappa shape index (κ1) is 24.9. The van der Waals surface area contributed by atoms with Crippen molar-refractivity contribution in [1.29, 1.82) is 0 Å². The lowest BCUT2D eigenvalue weighted by molar-refractivity contribution is -0.121. The van der Waals surface area contributed by atoms with Crippen molar-refractivity contribution >= 4 is 39.7 Å². The summed E-state index contributed by atoms with van der Waals surface area (Å²) in [5.74, 6) is 1.19. The summed E-state index contributed by atoms with van der Waals surface area (Å²) in [6.45, 7) is 4.67. The number of anilines is 1. The molecule has 1 aliphatic carbocycles. The molecule has 1 amide bonds. The highest BCUT2D eigenvalue weighted by molar-refractivity contribution is 7.10. The van der Waals surface area contributed by atoms with E-state index in [1.807, 2.05) is 59.7 Å². The summed E-state index contributed by atoms with van der Waals surface area (Å²) < 4.78 is 4.82. The van der Waals surface area contributed by atoms with Crippen molar-refractivity contribution < 1.29 is 9.59 Å². The van der Waals surface area contributed by atoms with Crippen LogP contribution in [0.5, 0.6) is 0 Å². The molecule has 2 aromatic carbocycles. The molecule has 0 atom stereocenters. The molecule has 2 fully saturated rings. The van der Waals surface area contributed by atoms with Gasteiger partial charge >= 0.3 is 0 Å². The number of Topliss-reactive ketones (excluding diaryl/α,β-unsaturated/α-hetero) is 1. The number of ketones is 1. The number of piperazine rings is 1. The van der Waals surface area contributed by atoms with Crippen LogP contribution in [0.2, 0.25) is 0 Å². The van der Waals surface area contributed by atoms with E-state index in [1.54, 1.807) is 11.3 Å². The third-order valence-corrected chi connectivity index (χ3v) is 9.24. The summed E-state index contributed by atoms with van der Waals surface area (Å²) in [6.07, 6.45) is 2.61. The molecule has 38 heavy (non-hydrogen) atoms. The molecule has 4 aromatic rings. The van der Waals surface area contributed by atoms with Crippen LogP contribution >= 0.6 is 22.9 Å². The van der Waals surface area contributed by atoms with Crippen LogP contribution in [0, 0.1) is 6.92 Å². The average Bonchev–Trinajstić information content (AvgIpc) is 3.64. The van der Waals surface area contributed by atoms with Gasteiger partial charge in [0.2, 0.25) is 5.13 Å². The van der Waals surface area contributed by atoms with Crippen molar-refractivity contribution in [1.82, 2.24) is 19.2 Å². The smallest absolute Gasteiger partial charge is 0.253 e. The molecular formula is C29H29N5O2S2. The van der Waals surface area contributed by atoms with Crippen molar-refractivity contribution in [3.05, 3.63) is 81.9 Å². The van der Waals surface area contributed by atoms with E-state index in [-0.39, 0.29) is 11.3 Å². The summed E-state index contributed by atoms with van der Waals surface area (Å²) in [4.78, 5) is 39.1. The number of hydrogen-bond acceptors (Lipinski definition) is 8. The average molecular weight is 544 g/mol. The largest absolute Gasteiger partial charge is 0.343 e. The Labute approximate surface area is 230 Å². The molecule has 1 saturated carbocycles. The molecule has 2 aliphatic rings. The van der Waals surface area contributed by atoms with E-state index in [9.17, 15) is 9.59 Å². The fourth-order valence-corrected chi connectivity index (χ4v) is 6.91. The first-order valence-electron chi connectivity index (χ1n) is 13.0. The first-order chi connectivity index (χ1) is 18.5. The van der Waals surface area contributed by atoms with Crippen molar-refractivity contribution in [2.75, 3.05) is 31.1 Å². The van der Waals surface area contributed by atoms with Crippen LogP contribution < -0.4 is 4.90 Å². The van der Waals surface area contributed by atoms with Crippen LogP contribution in [0.4, 0.5) is 5.13 Å². The highest BCUT2D eigenvalue weighted by Gasteiger charge is 2.41. The number of aromatic nitrogens is 3. The minimum atomic E-state index is -0.317. The SMILES string of the molecule is Cc1nc(-c2cccc(C(=O)N3CCN(c4nc(C5(c6ccccc6)CCC(=O)CC5)ns4)CC3)c2)cs1. The van der Waals surface area contributed by atoms with Crippen LogP contribution in [0.1, 0.15) is 52.4 Å². The Morgan fingerprint density at radius 3 is 2.42 bits per heavy atom. The van der Waals surface area contributed by atoms with Crippen molar-refractivity contribution in [2.24, 2.45) is 0 Å². The molecule has 0 radical (unpaired) electrons. The van der Waals surface area contributed by atoms with E-state index >= 15 is 0 Å². The second-order valence-corrected chi connectivity index (χ2v) is 11.8. The Kier molecular flexibility index (Phi) is 6.80. The molecule has 3 heterocycles. The monoisotopic (exact) mass is 543 g/mol. The van der Waals surface area contributed by atoms with E-state index in [4.69, 9.17) is 9.36 Å². The number of rotatable bonds is 5. The van der Waals surface area contributed by atoms with Crippen molar-refractivity contribution in [2.45, 2.75) is 38.0 Å². The Morgan fingerprint density at radius 1 is 0.947 bits per heavy atom. The number of amides is 1. The summed E-state index contributed by atoms with van der Waals surface area (Å²) >= 11 is 3.03. The van der Waals surface area contributed by atoms with Gasteiger partial charge in [-0.15, -0.1) is 11.3 Å². The van der Waals surface area contributed by atoms with Gasteiger partial charge in [0.15, 0.2) is 5.82 Å². The maximum Gasteiger partial charge on any atom is 0.253 e. The Balaban J connectivity index is 1.15. The van der Waals surface area contributed by atoms with Gasteiger partial charge in [0.25, 0.3) is 5.91 Å². The number of nitrogens with zero attached hydrogens (tertiary/aromatic N) is 5. The zero-order valence-electron chi connectivity index (χ0n) is 21.3. The van der Waals surface area contributed by atoms with E-state index in [2.05, 4.69) is 22.0 Å². The van der Waals surface area contributed by atoms with Gasteiger partial charge in [-0.25, -0.2) is 9.97 Å². The lowest BCUT2D eigenvalue weighted by Gasteiger charge is -2.35. The number of carbonyl (C=O) groups excluding carboxylic acids is 2. The molecule has 9 heteroatoms. The van der Waals surface area contributed by atoms with Gasteiger partial charge in [-0.3, -0.25) is 9.59 Å². The predicted molar refractivity (Wildman–Crippen MR) is 151 cm³/mol. The zero-order chi connectivity index (χ0) is 26.1. The van der Waals surface area contributed by atoms with Gasteiger partial charge in [-0.1, -0.05) is 42.5 Å². The lowest BCUT2D eigenvalue weighted by Crippen LogP contribution is -2.48. The molecule has 0 bridgehead atoms. The number of thiazole rings is 1. The normalized spacial score (nSPS) is 17.6. The summed E-state index contributed by atoms with van der Waals surface area (Å²) in [5.41, 5.74) is 3.44. The topological polar surface area (TPSA) is 79.3 Å². The molecule has 6 rings (SSSR count). The number of carbonyl (C=O) groups is 2. The molecule has 0 spiro atoms. The van der Waals surface area contributed by atoms with Gasteiger partial charge < -0.3 is 9.80 Å². The maximum atomic E-state index is 13.3. The van der Waals surface area contributed by atoms with Crippen LogP contribution in [-0.4, -0.2) is 57.1 Å². The molecular weight excluding hydrogens is 514 g/mol. The van der Waals surface area contributed by atoms with Gasteiger partial charge in [0, 0.05) is 67.1 Å². The van der Waals surface area contributed by atoms with Gasteiger partial charge in [-0.2, -0.15) is 4.37 Å². The lowest BCUT2D eigenvalue weighted by atomic mass is 9.68. The molecule has 2 aromatic heterocycles. The van der Waals surface area contributed by atoms with Crippen molar-refractivity contribution in [3.63, 3.8) is 0 Å². The third kappa shape index (κ3) is 4.76. The van der Waals surface area contributed by atoms with E-state index < -0.39 is 0 Å². The fourth-order valence-electron chi connectivity index (χ4n) is 5.48. The van der Waals surface area contributed by atoms with Gasteiger partial charge in [-0.05, 0) is 37.5 Å². The maximum absolute atomic E-state index is 13.3. The van der Waals surface area contributed by atoms with E-state index in [0.29, 0.717) is 50.4 Å². The number of hydrogen-bond donors (Lipinski definition) is 0. The molecule has 194 valence electrons. The predicted octanol–water partition coefficient (Wildman–Crippen LogP) is 5.36. The minimum absolute atomic E-state index is 0.0475. The van der Waals surface area contributed by atoms with Gasteiger partial charge in [0.1, 0.15) is 5.78 Å². The van der Waals surface area contributed by atoms with Crippen LogP contribution in [0.3, 0.4) is 0 Å². The first-order valence-corrected chi connectivity index (χ1v) is 14.7.